The number of thiazole rings is 1. The third-order valence-corrected chi connectivity index (χ3v) is 6.71. The maximum absolute atomic E-state index is 12.8. The summed E-state index contributed by atoms with van der Waals surface area (Å²) in [5.41, 5.74) is 1.51. The number of carbonyl (C=O) groups is 1. The van der Waals surface area contributed by atoms with Gasteiger partial charge < -0.3 is 9.47 Å². The molecule has 136 valence electrons. The molecule has 6 nitrogen and oxygen atoms in total. The topological polar surface area (TPSA) is 65.2 Å². The Kier molecular flexibility index (Phi) is 4.33. The molecular formula is C19H23N5OS. The summed E-state index contributed by atoms with van der Waals surface area (Å²) >= 11 is 1.71. The lowest BCUT2D eigenvalue weighted by atomic mass is 9.92. The van der Waals surface area contributed by atoms with Gasteiger partial charge in [0.15, 0.2) is 0 Å². The van der Waals surface area contributed by atoms with Crippen LogP contribution in [-0.2, 0) is 13.6 Å². The normalized spacial score (nSPS) is 21.2. The summed E-state index contributed by atoms with van der Waals surface area (Å²) in [6.07, 6.45) is 6.91. The summed E-state index contributed by atoms with van der Waals surface area (Å²) in [4.78, 5) is 21.5. The zero-order chi connectivity index (χ0) is 18.3. The number of aromatic nitrogens is 2. The van der Waals surface area contributed by atoms with Crippen molar-refractivity contribution in [3.05, 3.63) is 40.1 Å². The fourth-order valence-corrected chi connectivity index (χ4v) is 4.98. The van der Waals surface area contributed by atoms with Crippen molar-refractivity contribution in [3.8, 4) is 6.07 Å². The van der Waals surface area contributed by atoms with Crippen LogP contribution in [0.5, 0.6) is 0 Å². The molecule has 0 radical (unpaired) electrons. The van der Waals surface area contributed by atoms with Crippen LogP contribution >= 0.6 is 11.3 Å². The van der Waals surface area contributed by atoms with E-state index in [4.69, 9.17) is 5.26 Å². The lowest BCUT2D eigenvalue weighted by Crippen LogP contribution is -2.41. The zero-order valence-corrected chi connectivity index (χ0v) is 16.0. The van der Waals surface area contributed by atoms with Crippen molar-refractivity contribution < 1.29 is 4.79 Å². The van der Waals surface area contributed by atoms with Crippen LogP contribution in [0.15, 0.2) is 23.8 Å². The Balaban J connectivity index is 1.35. The van der Waals surface area contributed by atoms with E-state index in [2.05, 4.69) is 23.0 Å². The van der Waals surface area contributed by atoms with Gasteiger partial charge in [-0.1, -0.05) is 0 Å². The van der Waals surface area contributed by atoms with E-state index >= 15 is 0 Å². The molecule has 1 amide bonds. The fourth-order valence-electron chi connectivity index (χ4n) is 4.30. The van der Waals surface area contributed by atoms with Gasteiger partial charge in [-0.05, 0) is 37.8 Å². The second-order valence-electron chi connectivity index (χ2n) is 7.55. The van der Waals surface area contributed by atoms with E-state index in [1.54, 1.807) is 28.2 Å². The molecular weight excluding hydrogens is 346 g/mol. The van der Waals surface area contributed by atoms with Gasteiger partial charge in [-0.15, -0.1) is 11.3 Å². The van der Waals surface area contributed by atoms with Crippen LogP contribution in [0, 0.1) is 16.7 Å². The molecule has 7 heteroatoms. The lowest BCUT2D eigenvalue weighted by Gasteiger charge is -2.34. The van der Waals surface area contributed by atoms with Crippen LogP contribution < -0.4 is 0 Å². The molecule has 1 aliphatic carbocycles. The zero-order valence-electron chi connectivity index (χ0n) is 15.2. The minimum Gasteiger partial charge on any atom is -0.345 e. The number of rotatable bonds is 4. The molecule has 1 saturated heterocycles. The first-order chi connectivity index (χ1) is 12.5. The smallest absolute Gasteiger partial charge is 0.270 e. The van der Waals surface area contributed by atoms with Gasteiger partial charge in [-0.3, -0.25) is 9.69 Å². The molecule has 3 heterocycles. The number of likely N-dealkylation sites (tertiary alicyclic amines) is 1. The van der Waals surface area contributed by atoms with Crippen LogP contribution in [0.1, 0.15) is 40.3 Å². The molecule has 0 N–H and O–H groups in total. The molecule has 2 aromatic rings. The van der Waals surface area contributed by atoms with E-state index in [1.165, 1.54) is 11.4 Å². The van der Waals surface area contributed by atoms with Crippen LogP contribution in [0.4, 0.5) is 0 Å². The Morgan fingerprint density at radius 2 is 2.27 bits per heavy atom. The third kappa shape index (κ3) is 3.04. The number of piperidine rings is 1. The average molecular weight is 369 g/mol. The maximum atomic E-state index is 12.8. The number of amides is 1. The summed E-state index contributed by atoms with van der Waals surface area (Å²) in [6, 6.07) is 4.39. The van der Waals surface area contributed by atoms with Crippen LogP contribution in [0.3, 0.4) is 0 Å². The molecule has 4 rings (SSSR count). The number of hydrogen-bond donors (Lipinski definition) is 0. The Morgan fingerprint density at radius 1 is 1.50 bits per heavy atom. The predicted molar refractivity (Wildman–Crippen MR) is 99.7 cm³/mol. The molecule has 0 bridgehead atoms. The SMILES string of the molecule is CN(Cc1nccs1)[C@H]1CC12CCN(C(=O)c1cc(C#N)cn1C)CC2. The molecule has 0 unspecified atom stereocenters. The first kappa shape index (κ1) is 17.3. The van der Waals surface area contributed by atoms with Gasteiger partial charge in [0.2, 0.25) is 0 Å². The standard InChI is InChI=1S/C19H23N5OS/c1-22-12-14(11-20)9-15(22)18(25)24-6-3-19(4-7-24)10-16(19)23(2)13-17-21-5-8-26-17/h5,8-9,12,16H,3-4,6-7,10,13H2,1-2H3/t16-/m0/s1. The first-order valence-corrected chi connectivity index (χ1v) is 9.85. The maximum Gasteiger partial charge on any atom is 0.270 e. The van der Waals surface area contributed by atoms with E-state index in [-0.39, 0.29) is 5.91 Å². The summed E-state index contributed by atoms with van der Waals surface area (Å²) in [5.74, 6) is 0.0391. The lowest BCUT2D eigenvalue weighted by molar-refractivity contribution is 0.0648. The molecule has 26 heavy (non-hydrogen) atoms. The Hall–Kier alpha value is -2.17. The highest BCUT2D eigenvalue weighted by Crippen LogP contribution is 2.56. The largest absolute Gasteiger partial charge is 0.345 e. The van der Waals surface area contributed by atoms with Gasteiger partial charge in [-0.25, -0.2) is 4.98 Å². The number of carbonyl (C=O) groups excluding carboxylic acids is 1. The molecule has 0 aromatic carbocycles. The summed E-state index contributed by atoms with van der Waals surface area (Å²) in [7, 11) is 4.01. The molecule has 1 spiro atoms. The van der Waals surface area contributed by atoms with E-state index in [0.717, 1.165) is 32.5 Å². The Labute approximate surface area is 157 Å². The minimum atomic E-state index is 0.0391. The van der Waals surface area contributed by atoms with E-state index in [1.807, 2.05) is 23.5 Å². The van der Waals surface area contributed by atoms with Crippen molar-refractivity contribution in [3.63, 3.8) is 0 Å². The van der Waals surface area contributed by atoms with Gasteiger partial charge in [0, 0.05) is 44.0 Å². The Bertz CT molecular complexity index is 842. The van der Waals surface area contributed by atoms with Gasteiger partial charge in [-0.2, -0.15) is 5.26 Å². The highest BCUT2D eigenvalue weighted by molar-refractivity contribution is 7.09. The molecule has 1 aliphatic heterocycles. The van der Waals surface area contributed by atoms with Crippen LogP contribution in [-0.4, -0.2) is 51.4 Å². The molecule has 2 aliphatic rings. The number of hydrogen-bond acceptors (Lipinski definition) is 5. The van der Waals surface area contributed by atoms with Crippen molar-refractivity contribution in [2.24, 2.45) is 12.5 Å². The summed E-state index contributed by atoms with van der Waals surface area (Å²) < 4.78 is 1.76. The van der Waals surface area contributed by atoms with Crippen molar-refractivity contribution >= 4 is 17.2 Å². The quantitative estimate of drug-likeness (QED) is 0.830. The summed E-state index contributed by atoms with van der Waals surface area (Å²) in [6.45, 7) is 2.51. The van der Waals surface area contributed by atoms with Gasteiger partial charge in [0.1, 0.15) is 16.8 Å². The van der Waals surface area contributed by atoms with E-state index in [9.17, 15) is 4.79 Å². The van der Waals surface area contributed by atoms with Crippen molar-refractivity contribution in [2.75, 3.05) is 20.1 Å². The van der Waals surface area contributed by atoms with Crippen molar-refractivity contribution in [1.29, 1.82) is 5.26 Å². The number of nitrogens with zero attached hydrogens (tertiary/aromatic N) is 5. The van der Waals surface area contributed by atoms with Crippen LogP contribution in [0.2, 0.25) is 0 Å². The van der Waals surface area contributed by atoms with E-state index in [0.29, 0.717) is 22.7 Å². The van der Waals surface area contributed by atoms with Gasteiger partial charge in [0.05, 0.1) is 12.1 Å². The third-order valence-electron chi connectivity index (χ3n) is 5.95. The number of aryl methyl sites for hydroxylation is 1. The van der Waals surface area contributed by atoms with Gasteiger partial charge >= 0.3 is 0 Å². The molecule has 1 saturated carbocycles. The second-order valence-corrected chi connectivity index (χ2v) is 8.53. The fraction of sp³-hybridized carbons (Fsp3) is 0.526. The minimum absolute atomic E-state index is 0.0391. The second kappa shape index (κ2) is 6.53. The molecule has 2 fully saturated rings. The monoisotopic (exact) mass is 369 g/mol. The average Bonchev–Trinajstić information content (AvgIpc) is 2.99. The first-order valence-electron chi connectivity index (χ1n) is 8.97. The Morgan fingerprint density at radius 3 is 2.88 bits per heavy atom. The van der Waals surface area contributed by atoms with Crippen molar-refractivity contribution in [1.82, 2.24) is 19.4 Å². The highest BCUT2D eigenvalue weighted by atomic mass is 32.1. The number of nitriles is 1. The van der Waals surface area contributed by atoms with E-state index < -0.39 is 0 Å². The molecule has 2 aromatic heterocycles. The summed E-state index contributed by atoms with van der Waals surface area (Å²) in [5, 5.41) is 12.2. The predicted octanol–water partition coefficient (Wildman–Crippen LogP) is 2.48. The van der Waals surface area contributed by atoms with Crippen molar-refractivity contribution in [2.45, 2.75) is 31.8 Å². The van der Waals surface area contributed by atoms with Crippen LogP contribution in [0.25, 0.3) is 0 Å². The van der Waals surface area contributed by atoms with Gasteiger partial charge in [0.25, 0.3) is 5.91 Å². The molecule has 1 atom stereocenters. The highest BCUT2D eigenvalue weighted by Gasteiger charge is 2.56.